The van der Waals surface area contributed by atoms with Gasteiger partial charge in [-0.25, -0.2) is 4.98 Å². The Morgan fingerprint density at radius 2 is 2.46 bits per heavy atom. The van der Waals surface area contributed by atoms with Crippen LogP contribution in [0, 0.1) is 0 Å². The van der Waals surface area contributed by atoms with Crippen molar-refractivity contribution in [1.29, 1.82) is 0 Å². The number of carbonyl (C=O) groups excluding carboxylic acids is 2. The van der Waals surface area contributed by atoms with Crippen LogP contribution >= 0.6 is 11.3 Å². The van der Waals surface area contributed by atoms with Gasteiger partial charge in [-0.3, -0.25) is 14.9 Å². The second-order valence-corrected chi connectivity index (χ2v) is 3.55. The lowest BCUT2D eigenvalue weighted by Gasteiger charge is -2.05. The molecule has 2 heterocycles. The molecule has 1 aromatic rings. The van der Waals surface area contributed by atoms with Gasteiger partial charge < -0.3 is 5.32 Å². The average Bonchev–Trinajstić information content (AvgIpc) is 2.63. The van der Waals surface area contributed by atoms with E-state index in [1.807, 2.05) is 0 Å². The van der Waals surface area contributed by atoms with E-state index >= 15 is 0 Å². The topological polar surface area (TPSA) is 71.1 Å². The quantitative estimate of drug-likeness (QED) is 0.653. The number of thiazole rings is 1. The summed E-state index contributed by atoms with van der Waals surface area (Å²) in [6.07, 6.45) is 1.83. The van der Waals surface area contributed by atoms with E-state index in [-0.39, 0.29) is 18.2 Å². The lowest BCUT2D eigenvalue weighted by atomic mass is 10.2. The number of rotatable bonds is 2. The van der Waals surface area contributed by atoms with Crippen molar-refractivity contribution in [2.45, 2.75) is 12.5 Å². The third-order valence-corrected chi connectivity index (χ3v) is 2.40. The highest BCUT2D eigenvalue weighted by Gasteiger charge is 2.30. The Hall–Kier alpha value is -1.43. The number of hydrogen-bond acceptors (Lipinski definition) is 5. The summed E-state index contributed by atoms with van der Waals surface area (Å²) in [7, 11) is 0. The molecule has 0 aromatic carbocycles. The molecule has 0 bridgehead atoms. The van der Waals surface area contributed by atoms with Gasteiger partial charge in [0.15, 0.2) is 5.13 Å². The van der Waals surface area contributed by atoms with Crippen molar-refractivity contribution < 1.29 is 9.59 Å². The number of hydrogen-bond donors (Lipinski definition) is 2. The molecule has 2 amide bonds. The molecule has 13 heavy (non-hydrogen) atoms. The van der Waals surface area contributed by atoms with Crippen molar-refractivity contribution in [1.82, 2.24) is 10.3 Å². The van der Waals surface area contributed by atoms with Crippen molar-refractivity contribution in [3.8, 4) is 0 Å². The summed E-state index contributed by atoms with van der Waals surface area (Å²) in [5.41, 5.74) is 0. The number of anilines is 1. The molecule has 0 aliphatic carbocycles. The van der Waals surface area contributed by atoms with Crippen LogP contribution in [0.5, 0.6) is 0 Å². The van der Waals surface area contributed by atoms with Crippen LogP contribution in [0.4, 0.5) is 5.13 Å². The largest absolute Gasteiger partial charge is 0.349 e. The van der Waals surface area contributed by atoms with Gasteiger partial charge in [0.2, 0.25) is 11.8 Å². The molecule has 1 fully saturated rings. The van der Waals surface area contributed by atoms with E-state index in [1.165, 1.54) is 11.3 Å². The van der Waals surface area contributed by atoms with Crippen molar-refractivity contribution in [2.75, 3.05) is 5.32 Å². The van der Waals surface area contributed by atoms with Gasteiger partial charge in [0.25, 0.3) is 0 Å². The predicted molar refractivity (Wildman–Crippen MR) is 47.3 cm³/mol. The Morgan fingerprint density at radius 3 is 3.00 bits per heavy atom. The van der Waals surface area contributed by atoms with Crippen LogP contribution in [-0.4, -0.2) is 22.8 Å². The predicted octanol–water partition coefficient (Wildman–Crippen LogP) is -0.0299. The minimum atomic E-state index is -0.460. The molecular weight excluding hydrogens is 190 g/mol. The number of carbonyl (C=O) groups is 2. The molecule has 1 atom stereocenters. The van der Waals surface area contributed by atoms with Gasteiger partial charge in [0.05, 0.1) is 6.42 Å². The molecule has 5 nitrogen and oxygen atoms in total. The molecule has 1 aliphatic heterocycles. The molecule has 0 spiro atoms. The number of amides is 2. The highest BCUT2D eigenvalue weighted by molar-refractivity contribution is 7.13. The fourth-order valence-electron chi connectivity index (χ4n) is 1.11. The van der Waals surface area contributed by atoms with Crippen LogP contribution < -0.4 is 10.6 Å². The van der Waals surface area contributed by atoms with Gasteiger partial charge in [-0.05, 0) is 0 Å². The summed E-state index contributed by atoms with van der Waals surface area (Å²) in [6.45, 7) is 0. The standard InChI is InChI=1S/C7H7N3O2S/c11-5-3-4(6(12)10-5)9-7-8-1-2-13-7/h1-2,4H,3H2,(H,8,9)(H,10,11,12). The summed E-state index contributed by atoms with van der Waals surface area (Å²) >= 11 is 1.40. The first-order chi connectivity index (χ1) is 6.25. The minimum absolute atomic E-state index is 0.193. The summed E-state index contributed by atoms with van der Waals surface area (Å²) in [6, 6.07) is -0.460. The first-order valence-corrected chi connectivity index (χ1v) is 4.63. The van der Waals surface area contributed by atoms with Crippen molar-refractivity contribution in [2.24, 2.45) is 0 Å². The highest BCUT2D eigenvalue weighted by atomic mass is 32.1. The first kappa shape index (κ1) is 8.18. The fraction of sp³-hybridized carbons (Fsp3) is 0.286. The van der Waals surface area contributed by atoms with Crippen molar-refractivity contribution in [3.05, 3.63) is 11.6 Å². The maximum atomic E-state index is 11.1. The van der Waals surface area contributed by atoms with Crippen LogP contribution in [0.1, 0.15) is 6.42 Å². The number of imide groups is 1. The Kier molecular flexibility index (Phi) is 1.97. The summed E-state index contributed by atoms with van der Waals surface area (Å²) < 4.78 is 0. The lowest BCUT2D eigenvalue weighted by molar-refractivity contribution is -0.124. The molecule has 2 N–H and O–H groups in total. The molecule has 1 aromatic heterocycles. The van der Waals surface area contributed by atoms with Gasteiger partial charge in [-0.1, -0.05) is 0 Å². The van der Waals surface area contributed by atoms with Crippen molar-refractivity contribution >= 4 is 28.3 Å². The van der Waals surface area contributed by atoms with Crippen LogP contribution in [0.25, 0.3) is 0 Å². The van der Waals surface area contributed by atoms with Gasteiger partial charge in [-0.15, -0.1) is 11.3 Å². The second kappa shape index (κ2) is 3.14. The monoisotopic (exact) mass is 197 g/mol. The molecule has 2 rings (SSSR count). The van der Waals surface area contributed by atoms with E-state index in [1.54, 1.807) is 11.6 Å². The minimum Gasteiger partial charge on any atom is -0.349 e. The zero-order valence-electron chi connectivity index (χ0n) is 6.61. The van der Waals surface area contributed by atoms with E-state index in [9.17, 15) is 9.59 Å². The van der Waals surface area contributed by atoms with E-state index < -0.39 is 6.04 Å². The van der Waals surface area contributed by atoms with Crippen LogP contribution in [0.15, 0.2) is 11.6 Å². The molecule has 1 saturated heterocycles. The Balaban J connectivity index is 2.03. The number of nitrogens with one attached hydrogen (secondary N) is 2. The van der Waals surface area contributed by atoms with Gasteiger partial charge in [-0.2, -0.15) is 0 Å². The van der Waals surface area contributed by atoms with Crippen LogP contribution in [0.2, 0.25) is 0 Å². The molecule has 0 saturated carbocycles. The highest BCUT2D eigenvalue weighted by Crippen LogP contribution is 2.14. The third kappa shape index (κ3) is 1.67. The SMILES string of the molecule is O=C1CC(Nc2nccs2)C(=O)N1. The third-order valence-electron chi connectivity index (χ3n) is 1.70. The van der Waals surface area contributed by atoms with Crippen LogP contribution in [-0.2, 0) is 9.59 Å². The maximum absolute atomic E-state index is 11.1. The number of nitrogens with zero attached hydrogens (tertiary/aromatic N) is 1. The second-order valence-electron chi connectivity index (χ2n) is 2.65. The van der Waals surface area contributed by atoms with E-state index in [0.29, 0.717) is 5.13 Å². The molecule has 0 radical (unpaired) electrons. The molecule has 1 unspecified atom stereocenters. The van der Waals surface area contributed by atoms with Gasteiger partial charge in [0.1, 0.15) is 6.04 Å². The molecular formula is C7H7N3O2S. The van der Waals surface area contributed by atoms with Crippen LogP contribution in [0.3, 0.4) is 0 Å². The van der Waals surface area contributed by atoms with Gasteiger partial charge >= 0.3 is 0 Å². The molecule has 6 heteroatoms. The Bertz CT molecular complexity index is 336. The Morgan fingerprint density at radius 1 is 1.62 bits per heavy atom. The van der Waals surface area contributed by atoms with Gasteiger partial charge in [0, 0.05) is 11.6 Å². The molecule has 1 aliphatic rings. The summed E-state index contributed by atoms with van der Waals surface area (Å²) in [5, 5.41) is 7.56. The summed E-state index contributed by atoms with van der Waals surface area (Å²) in [5.74, 6) is -0.515. The van der Waals surface area contributed by atoms with Crippen molar-refractivity contribution in [3.63, 3.8) is 0 Å². The molecule has 68 valence electrons. The first-order valence-electron chi connectivity index (χ1n) is 3.75. The number of aromatic nitrogens is 1. The maximum Gasteiger partial charge on any atom is 0.249 e. The fourth-order valence-corrected chi connectivity index (χ4v) is 1.70. The lowest BCUT2D eigenvalue weighted by Crippen LogP contribution is -2.29. The normalized spacial score (nSPS) is 21.7. The summed E-state index contributed by atoms with van der Waals surface area (Å²) in [4.78, 5) is 25.9. The average molecular weight is 197 g/mol. The zero-order chi connectivity index (χ0) is 9.26. The Labute approximate surface area is 78.2 Å². The van der Waals surface area contributed by atoms with E-state index in [2.05, 4.69) is 15.6 Å². The van der Waals surface area contributed by atoms with E-state index in [0.717, 1.165) is 0 Å². The van der Waals surface area contributed by atoms with E-state index in [4.69, 9.17) is 0 Å². The smallest absolute Gasteiger partial charge is 0.249 e. The zero-order valence-corrected chi connectivity index (χ0v) is 7.43.